The molecule has 0 radical (unpaired) electrons. The number of nitriles is 1. The number of hydrogen-bond acceptors (Lipinski definition) is 5. The Kier molecular flexibility index (Phi) is 5.57. The first-order chi connectivity index (χ1) is 12.1. The zero-order valence-electron chi connectivity index (χ0n) is 14.7. The SMILES string of the molecule is C[C@@H](C(=O)Nc1sc2c(c1C#N)CCCCC2)N(C)Cc1ccco1. The highest BCUT2D eigenvalue weighted by Gasteiger charge is 2.24. The second-order valence-electron chi connectivity index (χ2n) is 6.54. The maximum absolute atomic E-state index is 12.6. The minimum absolute atomic E-state index is 0.0954. The van der Waals surface area contributed by atoms with Crippen LogP contribution in [0.3, 0.4) is 0 Å². The van der Waals surface area contributed by atoms with Crippen LogP contribution in [0.5, 0.6) is 0 Å². The first kappa shape index (κ1) is 17.7. The summed E-state index contributed by atoms with van der Waals surface area (Å²) in [7, 11) is 1.89. The number of rotatable bonds is 5. The van der Waals surface area contributed by atoms with E-state index in [0.717, 1.165) is 37.0 Å². The molecule has 1 aliphatic carbocycles. The summed E-state index contributed by atoms with van der Waals surface area (Å²) < 4.78 is 5.34. The molecule has 0 saturated carbocycles. The number of carbonyl (C=O) groups is 1. The fourth-order valence-electron chi connectivity index (χ4n) is 3.15. The lowest BCUT2D eigenvalue weighted by atomic mass is 10.1. The summed E-state index contributed by atoms with van der Waals surface area (Å²) in [6.45, 7) is 2.43. The van der Waals surface area contributed by atoms with Gasteiger partial charge < -0.3 is 9.73 Å². The van der Waals surface area contributed by atoms with Crippen LogP contribution in [0.2, 0.25) is 0 Å². The molecule has 0 bridgehead atoms. The van der Waals surface area contributed by atoms with Crippen LogP contribution in [-0.2, 0) is 24.2 Å². The van der Waals surface area contributed by atoms with Crippen molar-refractivity contribution in [2.45, 2.75) is 51.6 Å². The van der Waals surface area contributed by atoms with E-state index in [2.05, 4.69) is 11.4 Å². The molecule has 1 N–H and O–H groups in total. The van der Waals surface area contributed by atoms with Gasteiger partial charge in [0.15, 0.2) is 0 Å². The number of anilines is 1. The van der Waals surface area contributed by atoms with Crippen LogP contribution in [0.25, 0.3) is 0 Å². The van der Waals surface area contributed by atoms with Crippen molar-refractivity contribution in [3.8, 4) is 6.07 Å². The third-order valence-corrected chi connectivity index (χ3v) is 6.00. The number of nitrogens with one attached hydrogen (secondary N) is 1. The highest BCUT2D eigenvalue weighted by Crippen LogP contribution is 2.37. The molecule has 5 nitrogen and oxygen atoms in total. The number of furan rings is 1. The Labute approximate surface area is 152 Å². The number of thiophene rings is 1. The minimum Gasteiger partial charge on any atom is -0.468 e. The molecule has 0 aromatic carbocycles. The molecule has 0 unspecified atom stereocenters. The minimum atomic E-state index is -0.321. The molecule has 132 valence electrons. The summed E-state index contributed by atoms with van der Waals surface area (Å²) >= 11 is 1.57. The van der Waals surface area contributed by atoms with E-state index in [1.807, 2.05) is 31.0 Å². The number of carbonyl (C=O) groups excluding carboxylic acids is 1. The van der Waals surface area contributed by atoms with E-state index in [-0.39, 0.29) is 11.9 Å². The van der Waals surface area contributed by atoms with Crippen LogP contribution < -0.4 is 5.32 Å². The van der Waals surface area contributed by atoms with Crippen molar-refractivity contribution in [1.82, 2.24) is 4.90 Å². The Morgan fingerprint density at radius 1 is 1.44 bits per heavy atom. The molecular formula is C19H23N3O2S. The van der Waals surface area contributed by atoms with Crippen LogP contribution in [-0.4, -0.2) is 23.9 Å². The number of amides is 1. The number of nitrogens with zero attached hydrogens (tertiary/aromatic N) is 2. The smallest absolute Gasteiger partial charge is 0.242 e. The Hall–Kier alpha value is -2.10. The molecule has 1 amide bonds. The average molecular weight is 357 g/mol. The van der Waals surface area contributed by atoms with E-state index < -0.39 is 0 Å². The lowest BCUT2D eigenvalue weighted by molar-refractivity contribution is -0.120. The highest BCUT2D eigenvalue weighted by atomic mass is 32.1. The normalized spacial score (nSPS) is 15.3. The predicted molar refractivity (Wildman–Crippen MR) is 98.6 cm³/mol. The van der Waals surface area contributed by atoms with Gasteiger partial charge in [-0.25, -0.2) is 0 Å². The molecule has 1 aliphatic rings. The second kappa shape index (κ2) is 7.85. The van der Waals surface area contributed by atoms with Gasteiger partial charge in [-0.05, 0) is 57.4 Å². The monoisotopic (exact) mass is 357 g/mol. The van der Waals surface area contributed by atoms with E-state index >= 15 is 0 Å². The zero-order valence-corrected chi connectivity index (χ0v) is 15.5. The third-order valence-electron chi connectivity index (χ3n) is 4.80. The number of aryl methyl sites for hydroxylation is 1. The summed E-state index contributed by atoms with van der Waals surface area (Å²) in [6.07, 6.45) is 7.08. The Bertz CT molecular complexity index is 773. The van der Waals surface area contributed by atoms with Gasteiger partial charge in [-0.2, -0.15) is 5.26 Å². The molecule has 0 spiro atoms. The summed E-state index contributed by atoms with van der Waals surface area (Å²) in [6, 6.07) is 5.72. The van der Waals surface area contributed by atoms with Gasteiger partial charge in [0.05, 0.1) is 24.4 Å². The van der Waals surface area contributed by atoms with E-state index in [1.54, 1.807) is 17.6 Å². The predicted octanol–water partition coefficient (Wildman–Crippen LogP) is 3.94. The summed E-state index contributed by atoms with van der Waals surface area (Å²) in [5.74, 6) is 0.727. The molecule has 25 heavy (non-hydrogen) atoms. The first-order valence-electron chi connectivity index (χ1n) is 8.68. The summed E-state index contributed by atoms with van der Waals surface area (Å²) in [4.78, 5) is 15.8. The second-order valence-corrected chi connectivity index (χ2v) is 7.65. The topological polar surface area (TPSA) is 69.3 Å². The number of likely N-dealkylation sites (N-methyl/N-ethyl adjacent to an activating group) is 1. The molecule has 2 aromatic rings. The molecular weight excluding hydrogens is 334 g/mol. The fourth-order valence-corrected chi connectivity index (χ4v) is 4.39. The molecule has 0 fully saturated rings. The van der Waals surface area contributed by atoms with E-state index in [4.69, 9.17) is 4.42 Å². The lowest BCUT2D eigenvalue weighted by Crippen LogP contribution is -2.39. The van der Waals surface area contributed by atoms with Gasteiger partial charge >= 0.3 is 0 Å². The van der Waals surface area contributed by atoms with Gasteiger partial charge in [0.25, 0.3) is 0 Å². The van der Waals surface area contributed by atoms with Gasteiger partial charge in [-0.3, -0.25) is 9.69 Å². The average Bonchev–Trinajstić information content (AvgIpc) is 3.15. The van der Waals surface area contributed by atoms with Crippen molar-refractivity contribution in [1.29, 1.82) is 5.26 Å². The van der Waals surface area contributed by atoms with Gasteiger partial charge in [0, 0.05) is 4.88 Å². The molecule has 1 atom stereocenters. The standard InChI is InChI=1S/C19H23N3O2S/c1-13(22(2)12-14-7-6-10-24-14)18(23)21-19-16(11-20)15-8-4-3-5-9-17(15)25-19/h6-7,10,13H,3-5,8-9,12H2,1-2H3,(H,21,23)/t13-/m0/s1. The quantitative estimate of drug-likeness (QED) is 0.823. The first-order valence-corrected chi connectivity index (χ1v) is 9.50. The number of hydrogen-bond donors (Lipinski definition) is 1. The van der Waals surface area contributed by atoms with Crippen LogP contribution in [0.15, 0.2) is 22.8 Å². The molecule has 6 heteroatoms. The summed E-state index contributed by atoms with van der Waals surface area (Å²) in [5, 5.41) is 13.3. The number of fused-ring (bicyclic) bond motifs is 1. The van der Waals surface area contributed by atoms with E-state index in [1.165, 1.54) is 11.3 Å². The fraction of sp³-hybridized carbons (Fsp3) is 0.474. The Balaban J connectivity index is 1.71. The van der Waals surface area contributed by atoms with Gasteiger partial charge in [-0.1, -0.05) is 6.42 Å². The maximum Gasteiger partial charge on any atom is 0.242 e. The largest absolute Gasteiger partial charge is 0.468 e. The van der Waals surface area contributed by atoms with E-state index in [9.17, 15) is 10.1 Å². The van der Waals surface area contributed by atoms with Crippen molar-refractivity contribution in [3.05, 3.63) is 40.2 Å². The lowest BCUT2D eigenvalue weighted by Gasteiger charge is -2.22. The van der Waals surface area contributed by atoms with Crippen LogP contribution in [0, 0.1) is 11.3 Å². The van der Waals surface area contributed by atoms with Crippen molar-refractivity contribution < 1.29 is 9.21 Å². The van der Waals surface area contributed by atoms with Gasteiger partial charge in [0.2, 0.25) is 5.91 Å². The van der Waals surface area contributed by atoms with Crippen LogP contribution in [0.4, 0.5) is 5.00 Å². The third kappa shape index (κ3) is 3.94. The van der Waals surface area contributed by atoms with Crippen molar-refractivity contribution in [2.75, 3.05) is 12.4 Å². The van der Waals surface area contributed by atoms with E-state index in [0.29, 0.717) is 17.1 Å². The molecule has 2 aromatic heterocycles. The summed E-state index contributed by atoms with van der Waals surface area (Å²) in [5.41, 5.74) is 1.81. The Morgan fingerprint density at radius 2 is 2.24 bits per heavy atom. The highest BCUT2D eigenvalue weighted by molar-refractivity contribution is 7.16. The Morgan fingerprint density at radius 3 is 2.96 bits per heavy atom. The molecule has 0 saturated heterocycles. The maximum atomic E-state index is 12.6. The van der Waals surface area contributed by atoms with Crippen LogP contribution >= 0.6 is 11.3 Å². The molecule has 0 aliphatic heterocycles. The zero-order chi connectivity index (χ0) is 17.8. The van der Waals surface area contributed by atoms with Crippen molar-refractivity contribution >= 4 is 22.2 Å². The van der Waals surface area contributed by atoms with Crippen molar-refractivity contribution in [2.24, 2.45) is 0 Å². The van der Waals surface area contributed by atoms with Crippen LogP contribution in [0.1, 0.15) is 48.0 Å². The molecule has 2 heterocycles. The van der Waals surface area contributed by atoms with Crippen molar-refractivity contribution in [3.63, 3.8) is 0 Å². The van der Waals surface area contributed by atoms with Gasteiger partial charge in [0.1, 0.15) is 16.8 Å². The van der Waals surface area contributed by atoms with Gasteiger partial charge in [-0.15, -0.1) is 11.3 Å². The molecule has 3 rings (SSSR count).